The predicted octanol–water partition coefficient (Wildman–Crippen LogP) is 5.57. The van der Waals surface area contributed by atoms with E-state index in [1.54, 1.807) is 0 Å². The van der Waals surface area contributed by atoms with E-state index in [4.69, 9.17) is 16.3 Å². The maximum Gasteiger partial charge on any atom is 0.0717 e. The summed E-state index contributed by atoms with van der Waals surface area (Å²) in [4.78, 5) is 0. The van der Waals surface area contributed by atoms with E-state index in [1.807, 2.05) is 24.3 Å². The van der Waals surface area contributed by atoms with Gasteiger partial charge in [-0.15, -0.1) is 0 Å². The van der Waals surface area contributed by atoms with Gasteiger partial charge in [0, 0.05) is 5.02 Å². The first-order valence-electron chi connectivity index (χ1n) is 7.31. The maximum absolute atomic E-state index is 5.87. The second-order valence-electron chi connectivity index (χ2n) is 6.12. The molecule has 1 atom stereocenters. The van der Waals surface area contributed by atoms with Crippen molar-refractivity contribution >= 4 is 11.6 Å². The minimum absolute atomic E-state index is 0.662. The van der Waals surface area contributed by atoms with E-state index in [0.717, 1.165) is 17.5 Å². The van der Waals surface area contributed by atoms with Gasteiger partial charge in [0.25, 0.3) is 0 Å². The Morgan fingerprint density at radius 1 is 1.00 bits per heavy atom. The topological polar surface area (TPSA) is 9.23 Å². The molecule has 2 heteroatoms. The number of halogens is 1. The molecule has 0 radical (unpaired) electrons. The van der Waals surface area contributed by atoms with Gasteiger partial charge in [-0.1, -0.05) is 57.8 Å². The summed E-state index contributed by atoms with van der Waals surface area (Å²) in [5.74, 6) is 2.12. The summed E-state index contributed by atoms with van der Waals surface area (Å²) in [6.07, 6.45) is 2.54. The van der Waals surface area contributed by atoms with Gasteiger partial charge in [-0.2, -0.15) is 0 Å². The molecular weight excluding hydrogens is 256 g/mol. The van der Waals surface area contributed by atoms with Crippen LogP contribution in [-0.2, 0) is 11.3 Å². The first kappa shape index (κ1) is 16.5. The number of hydrogen-bond acceptors (Lipinski definition) is 1. The van der Waals surface area contributed by atoms with Gasteiger partial charge in [-0.25, -0.2) is 0 Å². The minimum Gasteiger partial charge on any atom is -0.376 e. The summed E-state index contributed by atoms with van der Waals surface area (Å²) in [7, 11) is 0. The predicted molar refractivity (Wildman–Crippen MR) is 83.5 cm³/mol. The summed E-state index contributed by atoms with van der Waals surface area (Å²) >= 11 is 5.87. The van der Waals surface area contributed by atoms with Gasteiger partial charge in [0.2, 0.25) is 0 Å². The molecule has 0 N–H and O–H groups in total. The monoisotopic (exact) mass is 282 g/mol. The highest BCUT2D eigenvalue weighted by molar-refractivity contribution is 6.30. The van der Waals surface area contributed by atoms with Crippen LogP contribution in [0.1, 0.15) is 46.1 Å². The van der Waals surface area contributed by atoms with Crippen LogP contribution < -0.4 is 0 Å². The molecule has 0 amide bonds. The largest absolute Gasteiger partial charge is 0.376 e. The Balaban J connectivity index is 2.33. The molecule has 0 aromatic heterocycles. The van der Waals surface area contributed by atoms with Crippen LogP contribution in [0.2, 0.25) is 5.02 Å². The van der Waals surface area contributed by atoms with Crippen molar-refractivity contribution in [3.8, 4) is 0 Å². The molecular formula is C17H27ClO. The van der Waals surface area contributed by atoms with E-state index < -0.39 is 0 Å². The fourth-order valence-electron chi connectivity index (χ4n) is 2.07. The molecule has 0 aliphatic heterocycles. The van der Waals surface area contributed by atoms with Crippen molar-refractivity contribution in [2.24, 2.45) is 17.8 Å². The Bertz CT molecular complexity index is 343. The van der Waals surface area contributed by atoms with E-state index in [1.165, 1.54) is 18.4 Å². The van der Waals surface area contributed by atoms with Crippen molar-refractivity contribution in [2.75, 3.05) is 6.61 Å². The van der Waals surface area contributed by atoms with E-state index in [0.29, 0.717) is 18.4 Å². The molecule has 1 aromatic rings. The molecule has 19 heavy (non-hydrogen) atoms. The lowest BCUT2D eigenvalue weighted by Crippen LogP contribution is -2.16. The Labute approximate surface area is 123 Å². The molecule has 0 fully saturated rings. The minimum atomic E-state index is 0.662. The van der Waals surface area contributed by atoms with E-state index in [-0.39, 0.29) is 0 Å². The fraction of sp³-hybridized carbons (Fsp3) is 0.647. The number of rotatable bonds is 8. The summed E-state index contributed by atoms with van der Waals surface area (Å²) in [6, 6.07) is 7.89. The van der Waals surface area contributed by atoms with Crippen molar-refractivity contribution in [1.29, 1.82) is 0 Å². The van der Waals surface area contributed by atoms with Crippen LogP contribution in [-0.4, -0.2) is 6.61 Å². The molecule has 1 unspecified atom stereocenters. The third kappa shape index (κ3) is 6.98. The van der Waals surface area contributed by atoms with Crippen molar-refractivity contribution in [3.05, 3.63) is 34.9 Å². The molecule has 0 aliphatic rings. The molecule has 1 nitrogen and oxygen atoms in total. The number of ether oxygens (including phenoxy) is 1. The maximum atomic E-state index is 5.87. The molecule has 1 rings (SSSR count). The van der Waals surface area contributed by atoms with Crippen molar-refractivity contribution in [3.63, 3.8) is 0 Å². The van der Waals surface area contributed by atoms with E-state index >= 15 is 0 Å². The van der Waals surface area contributed by atoms with Gasteiger partial charge in [-0.05, 0) is 41.9 Å². The van der Waals surface area contributed by atoms with Gasteiger partial charge in [0.15, 0.2) is 0 Å². The normalized spacial score (nSPS) is 13.2. The molecule has 0 bridgehead atoms. The van der Waals surface area contributed by atoms with Gasteiger partial charge in [0.05, 0.1) is 13.2 Å². The highest BCUT2D eigenvalue weighted by Gasteiger charge is 2.14. The standard InChI is InChI=1S/C17H27ClO/c1-13(2)5-8-16(14(3)4)12-19-11-15-6-9-17(18)10-7-15/h6-7,9-10,13-14,16H,5,8,11-12H2,1-4H3. The van der Waals surface area contributed by atoms with Crippen molar-refractivity contribution < 1.29 is 4.74 Å². The first-order chi connectivity index (χ1) is 8.99. The average molecular weight is 283 g/mol. The second-order valence-corrected chi connectivity index (χ2v) is 6.55. The lowest BCUT2D eigenvalue weighted by molar-refractivity contribution is 0.0660. The van der Waals surface area contributed by atoms with Gasteiger partial charge in [0.1, 0.15) is 0 Å². The third-order valence-electron chi connectivity index (χ3n) is 3.57. The van der Waals surface area contributed by atoms with Crippen molar-refractivity contribution in [2.45, 2.75) is 47.1 Å². The van der Waals surface area contributed by atoms with Crippen LogP contribution in [0, 0.1) is 17.8 Å². The Hall–Kier alpha value is -0.530. The van der Waals surface area contributed by atoms with Crippen LogP contribution in [0.4, 0.5) is 0 Å². The lowest BCUT2D eigenvalue weighted by atomic mass is 9.89. The zero-order chi connectivity index (χ0) is 14.3. The molecule has 0 spiro atoms. The highest BCUT2D eigenvalue weighted by Crippen LogP contribution is 2.21. The van der Waals surface area contributed by atoms with Crippen molar-refractivity contribution in [1.82, 2.24) is 0 Å². The molecule has 0 saturated heterocycles. The van der Waals surface area contributed by atoms with Gasteiger partial charge in [-0.3, -0.25) is 0 Å². The van der Waals surface area contributed by atoms with Gasteiger partial charge < -0.3 is 4.74 Å². The SMILES string of the molecule is CC(C)CCC(COCc1ccc(Cl)cc1)C(C)C. The number of hydrogen-bond donors (Lipinski definition) is 0. The summed E-state index contributed by atoms with van der Waals surface area (Å²) in [5, 5.41) is 0.778. The van der Waals surface area contributed by atoms with E-state index in [2.05, 4.69) is 27.7 Å². The lowest BCUT2D eigenvalue weighted by Gasteiger charge is -2.21. The Kier molecular flexibility index (Phi) is 7.48. The molecule has 0 aliphatic carbocycles. The quantitative estimate of drug-likeness (QED) is 0.606. The van der Waals surface area contributed by atoms with E-state index in [9.17, 15) is 0 Å². The van der Waals surface area contributed by atoms with Crippen LogP contribution in [0.25, 0.3) is 0 Å². The Morgan fingerprint density at radius 3 is 2.16 bits per heavy atom. The Morgan fingerprint density at radius 2 is 1.63 bits per heavy atom. The van der Waals surface area contributed by atoms with Crippen LogP contribution in [0.3, 0.4) is 0 Å². The fourth-order valence-corrected chi connectivity index (χ4v) is 2.19. The number of benzene rings is 1. The summed E-state index contributed by atoms with van der Waals surface area (Å²) in [6.45, 7) is 10.7. The van der Waals surface area contributed by atoms with Crippen LogP contribution >= 0.6 is 11.6 Å². The highest BCUT2D eigenvalue weighted by atomic mass is 35.5. The first-order valence-corrected chi connectivity index (χ1v) is 7.69. The molecule has 108 valence electrons. The molecule has 1 aromatic carbocycles. The average Bonchev–Trinajstić information content (AvgIpc) is 2.35. The third-order valence-corrected chi connectivity index (χ3v) is 3.82. The van der Waals surface area contributed by atoms with Crippen LogP contribution in [0.15, 0.2) is 24.3 Å². The summed E-state index contributed by atoms with van der Waals surface area (Å²) in [5.41, 5.74) is 1.19. The van der Waals surface area contributed by atoms with Crippen LogP contribution in [0.5, 0.6) is 0 Å². The zero-order valence-corrected chi connectivity index (χ0v) is 13.4. The summed E-state index contributed by atoms with van der Waals surface area (Å²) < 4.78 is 5.87. The zero-order valence-electron chi connectivity index (χ0n) is 12.7. The smallest absolute Gasteiger partial charge is 0.0717 e. The van der Waals surface area contributed by atoms with Gasteiger partial charge >= 0.3 is 0 Å². The second kappa shape index (κ2) is 8.60. The molecule has 0 heterocycles. The molecule has 0 saturated carbocycles.